The number of nitrogens with two attached hydrogens (primary N) is 1. The summed E-state index contributed by atoms with van der Waals surface area (Å²) in [6, 6.07) is 9.16. The van der Waals surface area contributed by atoms with Gasteiger partial charge in [0.1, 0.15) is 11.8 Å². The molecule has 2 aromatic rings. The Balaban J connectivity index is 2.12. The minimum atomic E-state index is -4.53. The van der Waals surface area contributed by atoms with E-state index in [0.717, 1.165) is 24.3 Å². The number of benzene rings is 2. The quantitative estimate of drug-likeness (QED) is 0.666. The number of hydrogen-bond donors (Lipinski definition) is 3. The Hall–Kier alpha value is -3.07. The summed E-state index contributed by atoms with van der Waals surface area (Å²) in [6.07, 6.45) is -6.27. The molecule has 4 N–H and O–H groups in total. The Morgan fingerprint density at radius 3 is 2.29 bits per heavy atom. The largest absolute Gasteiger partial charge is 0.496 e. The first-order chi connectivity index (χ1) is 13.1. The molecule has 2 atom stereocenters. The third-order valence-electron chi connectivity index (χ3n) is 4.08. The van der Waals surface area contributed by atoms with Crippen molar-refractivity contribution < 1.29 is 32.6 Å². The number of carbonyl (C=O) groups excluding carboxylic acids is 2. The number of ether oxygens (including phenoxy) is 1. The SMILES string of the molecule is COc1ccccc1C[C@H](NC(=O)[C@H](O)c1ccc(C(F)(F)F)cc1)C(N)=O. The highest BCUT2D eigenvalue weighted by atomic mass is 19.4. The zero-order valence-electron chi connectivity index (χ0n) is 14.9. The number of rotatable bonds is 7. The van der Waals surface area contributed by atoms with Crippen LogP contribution in [-0.4, -0.2) is 30.1 Å². The van der Waals surface area contributed by atoms with E-state index in [0.29, 0.717) is 11.3 Å². The van der Waals surface area contributed by atoms with Crippen molar-refractivity contribution >= 4 is 11.8 Å². The summed E-state index contributed by atoms with van der Waals surface area (Å²) in [4.78, 5) is 24.0. The van der Waals surface area contributed by atoms with E-state index < -0.39 is 35.7 Å². The molecule has 0 aliphatic carbocycles. The summed E-state index contributed by atoms with van der Waals surface area (Å²) in [5.74, 6) is -1.30. The summed E-state index contributed by atoms with van der Waals surface area (Å²) >= 11 is 0. The molecule has 2 aromatic carbocycles. The first kappa shape index (κ1) is 21.2. The minimum Gasteiger partial charge on any atom is -0.496 e. The van der Waals surface area contributed by atoms with Gasteiger partial charge in [-0.1, -0.05) is 30.3 Å². The lowest BCUT2D eigenvalue weighted by molar-refractivity contribution is -0.137. The molecule has 6 nitrogen and oxygen atoms in total. The molecule has 0 saturated heterocycles. The van der Waals surface area contributed by atoms with E-state index in [9.17, 15) is 27.9 Å². The number of halogens is 3. The second-order valence-corrected chi connectivity index (χ2v) is 6.00. The van der Waals surface area contributed by atoms with Gasteiger partial charge in [-0.3, -0.25) is 9.59 Å². The zero-order chi connectivity index (χ0) is 20.9. The maximum absolute atomic E-state index is 12.6. The van der Waals surface area contributed by atoms with Crippen LogP contribution in [-0.2, 0) is 22.2 Å². The van der Waals surface area contributed by atoms with E-state index in [1.807, 2.05) is 0 Å². The Labute approximate surface area is 159 Å². The van der Waals surface area contributed by atoms with Crippen molar-refractivity contribution in [2.45, 2.75) is 24.7 Å². The van der Waals surface area contributed by atoms with Crippen LogP contribution in [0.4, 0.5) is 13.2 Å². The van der Waals surface area contributed by atoms with Gasteiger partial charge >= 0.3 is 6.18 Å². The Bertz CT molecular complexity index is 838. The smallest absolute Gasteiger partial charge is 0.416 e. The summed E-state index contributed by atoms with van der Waals surface area (Å²) in [5.41, 5.74) is 4.98. The van der Waals surface area contributed by atoms with E-state index in [-0.39, 0.29) is 12.0 Å². The maximum Gasteiger partial charge on any atom is 0.416 e. The maximum atomic E-state index is 12.6. The Morgan fingerprint density at radius 2 is 1.75 bits per heavy atom. The van der Waals surface area contributed by atoms with Crippen LogP contribution >= 0.6 is 0 Å². The fourth-order valence-electron chi connectivity index (χ4n) is 2.57. The molecular weight excluding hydrogens is 377 g/mol. The summed E-state index contributed by atoms with van der Waals surface area (Å²) in [7, 11) is 1.45. The van der Waals surface area contributed by atoms with E-state index in [4.69, 9.17) is 10.5 Å². The predicted molar refractivity (Wildman–Crippen MR) is 94.2 cm³/mol. The number of hydrogen-bond acceptors (Lipinski definition) is 4. The van der Waals surface area contributed by atoms with Crippen LogP contribution in [0.1, 0.15) is 22.8 Å². The molecule has 0 bridgehead atoms. The average Bonchev–Trinajstić information content (AvgIpc) is 2.66. The summed E-state index contributed by atoms with van der Waals surface area (Å²) in [5, 5.41) is 12.4. The Morgan fingerprint density at radius 1 is 1.14 bits per heavy atom. The van der Waals surface area contributed by atoms with Crippen LogP contribution < -0.4 is 15.8 Å². The molecule has 0 fully saturated rings. The molecule has 0 saturated carbocycles. The first-order valence-electron chi connectivity index (χ1n) is 8.20. The predicted octanol–water partition coefficient (Wildman–Crippen LogP) is 1.96. The molecule has 2 rings (SSSR count). The van der Waals surface area contributed by atoms with Gasteiger partial charge in [-0.25, -0.2) is 0 Å². The highest BCUT2D eigenvalue weighted by Gasteiger charge is 2.31. The highest BCUT2D eigenvalue weighted by Crippen LogP contribution is 2.30. The zero-order valence-corrected chi connectivity index (χ0v) is 14.9. The fraction of sp³-hybridized carbons (Fsp3) is 0.263. The number of nitrogens with one attached hydrogen (secondary N) is 1. The van der Waals surface area contributed by atoms with E-state index >= 15 is 0 Å². The molecule has 0 radical (unpaired) electrons. The molecule has 0 aromatic heterocycles. The van der Waals surface area contributed by atoms with Crippen LogP contribution in [0.3, 0.4) is 0 Å². The first-order valence-corrected chi connectivity index (χ1v) is 8.20. The highest BCUT2D eigenvalue weighted by molar-refractivity contribution is 5.89. The van der Waals surface area contributed by atoms with Gasteiger partial charge in [0, 0.05) is 6.42 Å². The molecule has 0 aliphatic rings. The molecule has 0 spiro atoms. The van der Waals surface area contributed by atoms with E-state index in [2.05, 4.69) is 5.32 Å². The van der Waals surface area contributed by atoms with Crippen molar-refractivity contribution in [3.8, 4) is 5.75 Å². The van der Waals surface area contributed by atoms with E-state index in [1.54, 1.807) is 24.3 Å². The van der Waals surface area contributed by atoms with E-state index in [1.165, 1.54) is 7.11 Å². The number of para-hydroxylation sites is 1. The Kier molecular flexibility index (Phi) is 6.63. The van der Waals surface area contributed by atoms with Gasteiger partial charge in [-0.2, -0.15) is 13.2 Å². The van der Waals surface area contributed by atoms with Crippen molar-refractivity contribution in [3.05, 3.63) is 65.2 Å². The molecule has 9 heteroatoms. The van der Waals surface area contributed by atoms with Gasteiger partial charge in [0.05, 0.1) is 12.7 Å². The lowest BCUT2D eigenvalue weighted by Crippen LogP contribution is -2.47. The minimum absolute atomic E-state index is 0.0187. The van der Waals surface area contributed by atoms with Crippen molar-refractivity contribution in [2.24, 2.45) is 5.73 Å². The summed E-state index contributed by atoms with van der Waals surface area (Å²) in [6.45, 7) is 0. The lowest BCUT2D eigenvalue weighted by Gasteiger charge is -2.19. The van der Waals surface area contributed by atoms with Crippen molar-refractivity contribution in [2.75, 3.05) is 7.11 Å². The summed E-state index contributed by atoms with van der Waals surface area (Å²) < 4.78 is 43.0. The van der Waals surface area contributed by atoms with Crippen LogP contribution in [0.25, 0.3) is 0 Å². The molecular formula is C19H19F3N2O4. The van der Waals surface area contributed by atoms with Crippen molar-refractivity contribution in [1.82, 2.24) is 5.32 Å². The lowest BCUT2D eigenvalue weighted by atomic mass is 10.0. The van der Waals surface area contributed by atoms with Gasteiger partial charge < -0.3 is 20.9 Å². The third kappa shape index (κ3) is 5.23. The van der Waals surface area contributed by atoms with Gasteiger partial charge in [0.25, 0.3) is 5.91 Å². The normalized spacial score (nSPS) is 13.5. The van der Waals surface area contributed by atoms with Crippen molar-refractivity contribution in [3.63, 3.8) is 0 Å². The number of primary amides is 1. The number of aliphatic hydroxyl groups is 1. The molecule has 0 aliphatic heterocycles. The topological polar surface area (TPSA) is 102 Å². The standard InChI is InChI=1S/C19H19F3N2O4/c1-28-15-5-3-2-4-12(15)10-14(17(23)26)24-18(27)16(25)11-6-8-13(9-7-11)19(20,21)22/h2-9,14,16,25H,10H2,1H3,(H2,23,26)(H,24,27)/t14-,16+/m0/s1. The number of methoxy groups -OCH3 is 1. The monoisotopic (exact) mass is 396 g/mol. The molecule has 2 amide bonds. The molecule has 0 heterocycles. The average molecular weight is 396 g/mol. The molecule has 150 valence electrons. The molecule has 0 unspecified atom stereocenters. The number of amides is 2. The van der Waals surface area contributed by atoms with Crippen LogP contribution in [0.5, 0.6) is 5.75 Å². The number of alkyl halides is 3. The van der Waals surface area contributed by atoms with Gasteiger partial charge in [-0.05, 0) is 29.3 Å². The van der Waals surface area contributed by atoms with Crippen LogP contribution in [0, 0.1) is 0 Å². The van der Waals surface area contributed by atoms with Gasteiger partial charge in [0.2, 0.25) is 5.91 Å². The fourth-order valence-corrected chi connectivity index (χ4v) is 2.57. The van der Waals surface area contributed by atoms with Crippen molar-refractivity contribution in [1.29, 1.82) is 0 Å². The van der Waals surface area contributed by atoms with Gasteiger partial charge in [-0.15, -0.1) is 0 Å². The second kappa shape index (κ2) is 8.75. The van der Waals surface area contributed by atoms with Crippen LogP contribution in [0.15, 0.2) is 48.5 Å². The van der Waals surface area contributed by atoms with Gasteiger partial charge in [0.15, 0.2) is 6.10 Å². The third-order valence-corrected chi connectivity index (χ3v) is 4.08. The second-order valence-electron chi connectivity index (χ2n) is 6.00. The number of aliphatic hydroxyl groups excluding tert-OH is 1. The number of carbonyl (C=O) groups is 2. The molecule has 28 heavy (non-hydrogen) atoms. The van der Waals surface area contributed by atoms with Crippen LogP contribution in [0.2, 0.25) is 0 Å².